The Morgan fingerprint density at radius 2 is 0.700 bits per heavy atom. The molecule has 6 nitrogen and oxygen atoms in total. The number of rotatable bonds is 5. The van der Waals surface area contributed by atoms with E-state index in [1.54, 1.807) is 28.5 Å². The first-order chi connectivity index (χ1) is 13.7. The van der Waals surface area contributed by atoms with Crippen molar-refractivity contribution in [3.8, 4) is 0 Å². The molecule has 30 heavy (non-hydrogen) atoms. The topological polar surface area (TPSA) is 55.4 Å². The van der Waals surface area contributed by atoms with Crippen molar-refractivity contribution in [2.24, 2.45) is 0 Å². The standard InChI is InChI=1S/C9H18O3Si3.C7H15O3Si3.C2H4/c1-7-13(4)10-14(5,8-2)12-15(6,9-3)11-13;1-6-12(4)8-11(3)9-13(5,7-2)10-12;1-2/h7-9H,1-3H2,4-6H3;6-7H,1-2H2,3-5H3;1-2H2. The Balaban J connectivity index is 0.000000522. The van der Waals surface area contributed by atoms with E-state index in [-0.39, 0.29) is 0 Å². The molecule has 0 aromatic carbocycles. The van der Waals surface area contributed by atoms with Crippen molar-refractivity contribution in [2.75, 3.05) is 0 Å². The zero-order valence-electron chi connectivity index (χ0n) is 19.3. The highest BCUT2D eigenvalue weighted by molar-refractivity contribution is 6.98. The molecule has 0 aromatic heterocycles. The van der Waals surface area contributed by atoms with Crippen LogP contribution in [0.3, 0.4) is 0 Å². The van der Waals surface area contributed by atoms with Gasteiger partial charge in [0.15, 0.2) is 0 Å². The Hall–Kier alpha value is -0.499. The monoisotopic (exact) mass is 517 g/mol. The van der Waals surface area contributed by atoms with Gasteiger partial charge in [0.1, 0.15) is 0 Å². The lowest BCUT2D eigenvalue weighted by molar-refractivity contribution is 0.250. The third-order valence-corrected chi connectivity index (χ3v) is 26.4. The third kappa shape index (κ3) is 8.21. The van der Waals surface area contributed by atoms with Crippen LogP contribution < -0.4 is 0 Å². The second-order valence-corrected chi connectivity index (χ2v) is 25.3. The molecule has 169 valence electrons. The summed E-state index contributed by atoms with van der Waals surface area (Å²) in [6.07, 6.45) is 0. The molecule has 0 aliphatic carbocycles. The summed E-state index contributed by atoms with van der Waals surface area (Å²) in [7, 11) is -12.4. The van der Waals surface area contributed by atoms with Gasteiger partial charge in [-0.05, 0) is 39.3 Å². The molecular weight excluding hydrogens is 481 g/mol. The van der Waals surface area contributed by atoms with Crippen molar-refractivity contribution in [1.29, 1.82) is 0 Å². The Bertz CT molecular complexity index is 586. The summed E-state index contributed by atoms with van der Waals surface area (Å²) in [5, 5.41) is 0. The highest BCUT2D eigenvalue weighted by Crippen LogP contribution is 2.32. The molecule has 2 saturated heterocycles. The maximum Gasteiger partial charge on any atom is 0.362 e. The molecule has 2 rings (SSSR count). The molecule has 2 fully saturated rings. The normalized spacial score (nSPS) is 41.0. The molecule has 2 aliphatic heterocycles. The van der Waals surface area contributed by atoms with Crippen LogP contribution in [0, 0.1) is 0 Å². The summed E-state index contributed by atoms with van der Waals surface area (Å²) in [4.78, 5) is 0. The average molecular weight is 518 g/mol. The van der Waals surface area contributed by atoms with E-state index < -0.39 is 52.1 Å². The first-order valence-corrected chi connectivity index (χ1v) is 23.2. The van der Waals surface area contributed by atoms with Gasteiger partial charge in [-0.15, -0.1) is 46.1 Å². The van der Waals surface area contributed by atoms with Crippen LogP contribution in [0.15, 0.2) is 74.5 Å². The minimum Gasteiger partial charge on any atom is -0.412 e. The molecule has 0 saturated carbocycles. The predicted molar refractivity (Wildman–Crippen MR) is 138 cm³/mol. The van der Waals surface area contributed by atoms with E-state index in [0.717, 1.165) is 0 Å². The molecule has 2 aliphatic rings. The lowest BCUT2D eigenvalue weighted by Crippen LogP contribution is -2.65. The molecule has 0 spiro atoms. The molecule has 0 N–H and O–H groups in total. The fraction of sp³-hybridized carbons (Fsp3) is 0.333. The first-order valence-electron chi connectivity index (χ1n) is 9.43. The summed E-state index contributed by atoms with van der Waals surface area (Å²) in [5.41, 5.74) is 8.98. The van der Waals surface area contributed by atoms with Gasteiger partial charge in [0.05, 0.1) is 0 Å². The quantitative estimate of drug-likeness (QED) is 0.377. The van der Waals surface area contributed by atoms with Gasteiger partial charge in [-0.3, -0.25) is 0 Å². The molecule has 2 atom stereocenters. The fourth-order valence-electron chi connectivity index (χ4n) is 2.72. The van der Waals surface area contributed by atoms with Crippen LogP contribution in [0.5, 0.6) is 0 Å². The van der Waals surface area contributed by atoms with Crippen LogP contribution >= 0.6 is 0 Å². The molecule has 12 heteroatoms. The van der Waals surface area contributed by atoms with Gasteiger partial charge in [0.25, 0.3) is 0 Å². The highest BCUT2D eigenvalue weighted by atomic mass is 28.5. The van der Waals surface area contributed by atoms with Gasteiger partial charge in [-0.1, -0.05) is 28.5 Å². The fourth-order valence-corrected chi connectivity index (χ4v) is 26.7. The van der Waals surface area contributed by atoms with Crippen LogP contribution in [0.1, 0.15) is 0 Å². The van der Waals surface area contributed by atoms with E-state index >= 15 is 0 Å². The van der Waals surface area contributed by atoms with Gasteiger partial charge in [0.2, 0.25) is 0 Å². The zero-order chi connectivity index (χ0) is 23.9. The number of hydrogen-bond acceptors (Lipinski definition) is 6. The molecule has 0 aromatic rings. The van der Waals surface area contributed by atoms with Gasteiger partial charge in [-0.2, -0.15) is 0 Å². The largest absolute Gasteiger partial charge is 0.412 e. The van der Waals surface area contributed by atoms with Crippen LogP contribution in [0.2, 0.25) is 39.3 Å². The minimum absolute atomic E-state index is 1.17. The van der Waals surface area contributed by atoms with Crippen LogP contribution in [-0.2, 0) is 24.7 Å². The van der Waals surface area contributed by atoms with Crippen molar-refractivity contribution >= 4 is 52.1 Å². The van der Waals surface area contributed by atoms with Crippen molar-refractivity contribution in [3.05, 3.63) is 74.5 Å². The first kappa shape index (κ1) is 29.5. The lowest BCUT2D eigenvalue weighted by atomic mass is 11.3. The molecular formula is C18H37O6Si6. The lowest BCUT2D eigenvalue weighted by Gasteiger charge is -2.46. The minimum atomic E-state index is -2.30. The summed E-state index contributed by atoms with van der Waals surface area (Å²) in [5.74, 6) is 0. The summed E-state index contributed by atoms with van der Waals surface area (Å²) < 4.78 is 35.0. The molecule has 1 radical (unpaired) electrons. The number of hydrogen-bond donors (Lipinski definition) is 0. The van der Waals surface area contributed by atoms with E-state index in [1.165, 1.54) is 0 Å². The Labute approximate surface area is 190 Å². The Morgan fingerprint density at radius 1 is 0.500 bits per heavy atom. The van der Waals surface area contributed by atoms with Crippen molar-refractivity contribution in [1.82, 2.24) is 0 Å². The average Bonchev–Trinajstić information content (AvgIpc) is 2.68. The molecule has 2 heterocycles. The summed E-state index contributed by atoms with van der Waals surface area (Å²) in [6, 6.07) is 0. The van der Waals surface area contributed by atoms with Crippen LogP contribution in [-0.4, -0.2) is 52.1 Å². The SMILES string of the molecule is C=C.C=C[Si]1(C)O[Si](C)(C=C)O[Si](C)(C=C)O1.C=C[Si]1(C)O[Si](C)O[Si](C)(C=C)O1. The van der Waals surface area contributed by atoms with E-state index in [4.69, 9.17) is 24.7 Å². The van der Waals surface area contributed by atoms with Gasteiger partial charge >= 0.3 is 52.1 Å². The molecule has 0 bridgehead atoms. The van der Waals surface area contributed by atoms with Crippen molar-refractivity contribution in [2.45, 2.75) is 39.3 Å². The second-order valence-electron chi connectivity index (χ2n) is 7.20. The van der Waals surface area contributed by atoms with E-state index in [1.807, 2.05) is 39.3 Å². The van der Waals surface area contributed by atoms with Crippen LogP contribution in [0.25, 0.3) is 0 Å². The van der Waals surface area contributed by atoms with E-state index in [2.05, 4.69) is 46.1 Å². The van der Waals surface area contributed by atoms with E-state index in [0.29, 0.717) is 0 Å². The predicted octanol–water partition coefficient (Wildman–Crippen LogP) is 5.01. The van der Waals surface area contributed by atoms with E-state index in [9.17, 15) is 0 Å². The third-order valence-electron chi connectivity index (χ3n) is 4.17. The molecule has 2 unspecified atom stereocenters. The Morgan fingerprint density at radius 3 is 0.900 bits per heavy atom. The van der Waals surface area contributed by atoms with Gasteiger partial charge < -0.3 is 24.7 Å². The second kappa shape index (κ2) is 11.4. The maximum absolute atomic E-state index is 5.94. The van der Waals surface area contributed by atoms with Crippen LogP contribution in [0.4, 0.5) is 0 Å². The van der Waals surface area contributed by atoms with Gasteiger partial charge in [-0.25, -0.2) is 0 Å². The Kier molecular flexibility index (Phi) is 11.2. The maximum atomic E-state index is 5.94. The van der Waals surface area contributed by atoms with Crippen molar-refractivity contribution in [3.63, 3.8) is 0 Å². The summed E-state index contributed by atoms with van der Waals surface area (Å²) >= 11 is 0. The summed E-state index contributed by atoms with van der Waals surface area (Å²) in [6.45, 7) is 36.8. The zero-order valence-corrected chi connectivity index (χ0v) is 25.3. The molecule has 0 amide bonds. The van der Waals surface area contributed by atoms with Crippen molar-refractivity contribution < 1.29 is 24.7 Å². The highest BCUT2D eigenvalue weighted by Gasteiger charge is 2.53. The van der Waals surface area contributed by atoms with Gasteiger partial charge in [0, 0.05) is 0 Å². The smallest absolute Gasteiger partial charge is 0.362 e.